The molecule has 1 amide bonds. The van der Waals surface area contributed by atoms with Crippen molar-refractivity contribution in [1.29, 1.82) is 0 Å². The van der Waals surface area contributed by atoms with E-state index >= 15 is 0 Å². The summed E-state index contributed by atoms with van der Waals surface area (Å²) in [5, 5.41) is 3.33. The molecule has 0 saturated heterocycles. The van der Waals surface area contributed by atoms with E-state index in [4.69, 9.17) is 16.3 Å². The first-order valence-electron chi connectivity index (χ1n) is 9.04. The van der Waals surface area contributed by atoms with Crippen molar-refractivity contribution in [3.05, 3.63) is 58.6 Å². The van der Waals surface area contributed by atoms with Crippen molar-refractivity contribution in [2.75, 3.05) is 24.6 Å². The number of sulfonamides is 1. The van der Waals surface area contributed by atoms with Gasteiger partial charge < -0.3 is 10.1 Å². The van der Waals surface area contributed by atoms with Crippen molar-refractivity contribution in [2.24, 2.45) is 0 Å². The molecule has 0 aromatic heterocycles. The fourth-order valence-electron chi connectivity index (χ4n) is 3.35. The number of anilines is 1. The predicted molar refractivity (Wildman–Crippen MR) is 110 cm³/mol. The highest BCUT2D eigenvalue weighted by molar-refractivity contribution is 7.92. The van der Waals surface area contributed by atoms with E-state index in [1.54, 1.807) is 37.4 Å². The molecule has 0 bridgehead atoms. The molecular weight excluding hydrogens is 400 g/mol. The van der Waals surface area contributed by atoms with Gasteiger partial charge in [0.05, 0.1) is 10.6 Å². The molecule has 28 heavy (non-hydrogen) atoms. The van der Waals surface area contributed by atoms with E-state index in [9.17, 15) is 13.2 Å². The van der Waals surface area contributed by atoms with Crippen LogP contribution in [0.5, 0.6) is 0 Å². The zero-order valence-corrected chi connectivity index (χ0v) is 17.4. The van der Waals surface area contributed by atoms with Gasteiger partial charge in [0.2, 0.25) is 0 Å². The van der Waals surface area contributed by atoms with Crippen molar-refractivity contribution in [2.45, 2.75) is 30.7 Å². The second kappa shape index (κ2) is 8.51. The maximum absolute atomic E-state index is 13.1. The van der Waals surface area contributed by atoms with Gasteiger partial charge >= 0.3 is 0 Å². The highest BCUT2D eigenvalue weighted by atomic mass is 35.5. The maximum atomic E-state index is 13.1. The Hall–Kier alpha value is -2.09. The number of nitrogens with zero attached hydrogens (tertiary/aromatic N) is 1. The van der Waals surface area contributed by atoms with E-state index in [1.807, 2.05) is 6.92 Å². The maximum Gasteiger partial charge on any atom is 0.264 e. The smallest absolute Gasteiger partial charge is 0.264 e. The number of carbonyl (C=O) groups is 1. The molecule has 0 spiro atoms. The lowest BCUT2D eigenvalue weighted by Crippen LogP contribution is -2.35. The standard InChI is InChI=1S/C20H23ClN2O4S/c1-14-12-16-13-15(20(24)22-10-3-11-27-2)4-9-19(16)23(14)28(25,26)18-7-5-17(21)6-8-18/h4-9,13-14H,3,10-12H2,1-2H3,(H,22,24)/t14-/m0/s1. The SMILES string of the molecule is COCCCNC(=O)c1ccc2c(c1)C[C@H](C)N2S(=O)(=O)c1ccc(Cl)cc1. The van der Waals surface area contributed by atoms with Gasteiger partial charge in [-0.05, 0) is 67.8 Å². The molecule has 1 heterocycles. The lowest BCUT2D eigenvalue weighted by Gasteiger charge is -2.24. The van der Waals surface area contributed by atoms with Gasteiger partial charge in [0, 0.05) is 36.9 Å². The molecule has 0 unspecified atom stereocenters. The van der Waals surface area contributed by atoms with Crippen LogP contribution in [0.3, 0.4) is 0 Å². The molecule has 8 heteroatoms. The topological polar surface area (TPSA) is 75.7 Å². The minimum Gasteiger partial charge on any atom is -0.385 e. The Balaban J connectivity index is 1.84. The van der Waals surface area contributed by atoms with Crippen molar-refractivity contribution in [3.63, 3.8) is 0 Å². The summed E-state index contributed by atoms with van der Waals surface area (Å²) >= 11 is 5.88. The highest BCUT2D eigenvalue weighted by Crippen LogP contribution is 2.37. The average molecular weight is 423 g/mol. The number of amides is 1. The summed E-state index contributed by atoms with van der Waals surface area (Å²) in [7, 11) is -2.09. The minimum absolute atomic E-state index is 0.175. The van der Waals surface area contributed by atoms with Gasteiger partial charge in [-0.15, -0.1) is 0 Å². The average Bonchev–Trinajstić information content (AvgIpc) is 3.01. The Kier molecular flexibility index (Phi) is 6.27. The van der Waals surface area contributed by atoms with E-state index < -0.39 is 10.0 Å². The van der Waals surface area contributed by atoms with Crippen LogP contribution in [-0.4, -0.2) is 40.6 Å². The Labute approximate surface area is 170 Å². The summed E-state index contributed by atoms with van der Waals surface area (Å²) in [5.74, 6) is -0.175. The molecule has 0 fully saturated rings. The lowest BCUT2D eigenvalue weighted by molar-refractivity contribution is 0.0948. The van der Waals surface area contributed by atoms with Crippen molar-refractivity contribution >= 4 is 33.2 Å². The molecule has 6 nitrogen and oxygen atoms in total. The molecule has 1 aliphatic heterocycles. The summed E-state index contributed by atoms with van der Waals surface area (Å²) in [6, 6.07) is 11.0. The molecule has 150 valence electrons. The summed E-state index contributed by atoms with van der Waals surface area (Å²) < 4.78 is 32.7. The molecule has 1 N–H and O–H groups in total. The quantitative estimate of drug-likeness (QED) is 0.695. The van der Waals surface area contributed by atoms with Crippen LogP contribution >= 0.6 is 11.6 Å². The van der Waals surface area contributed by atoms with Crippen molar-refractivity contribution in [1.82, 2.24) is 5.32 Å². The molecule has 0 radical (unpaired) electrons. The summed E-state index contributed by atoms with van der Waals surface area (Å²) in [4.78, 5) is 12.5. The third kappa shape index (κ3) is 4.16. The van der Waals surface area contributed by atoms with Crippen LogP contribution in [-0.2, 0) is 21.2 Å². The number of benzene rings is 2. The Morgan fingerprint density at radius 2 is 1.96 bits per heavy atom. The molecule has 2 aromatic carbocycles. The third-order valence-electron chi connectivity index (χ3n) is 4.68. The van der Waals surface area contributed by atoms with Crippen LogP contribution in [0.15, 0.2) is 47.4 Å². The first-order valence-corrected chi connectivity index (χ1v) is 10.9. The number of nitrogens with one attached hydrogen (secondary N) is 1. The van der Waals surface area contributed by atoms with Crippen LogP contribution < -0.4 is 9.62 Å². The minimum atomic E-state index is -3.71. The van der Waals surface area contributed by atoms with Gasteiger partial charge in [-0.3, -0.25) is 9.10 Å². The Bertz CT molecular complexity index is 961. The van der Waals surface area contributed by atoms with Gasteiger partial charge in [-0.2, -0.15) is 0 Å². The molecule has 1 aliphatic rings. The molecular formula is C20H23ClN2O4S. The van der Waals surface area contributed by atoms with Crippen LogP contribution in [0.4, 0.5) is 5.69 Å². The van der Waals surface area contributed by atoms with Crippen LogP contribution in [0, 0.1) is 0 Å². The molecule has 0 aliphatic carbocycles. The van der Waals surface area contributed by atoms with Gasteiger partial charge in [0.25, 0.3) is 15.9 Å². The van der Waals surface area contributed by atoms with Gasteiger partial charge in [0.15, 0.2) is 0 Å². The van der Waals surface area contributed by atoms with E-state index in [2.05, 4.69) is 5.32 Å². The number of rotatable bonds is 7. The van der Waals surface area contributed by atoms with Crippen molar-refractivity contribution < 1.29 is 17.9 Å². The number of methoxy groups -OCH3 is 1. The van der Waals surface area contributed by atoms with Crippen LogP contribution in [0.25, 0.3) is 0 Å². The molecule has 1 atom stereocenters. The summed E-state index contributed by atoms with van der Waals surface area (Å²) in [6.07, 6.45) is 1.28. The van der Waals surface area contributed by atoms with E-state index in [1.165, 1.54) is 16.4 Å². The number of ether oxygens (including phenoxy) is 1. The highest BCUT2D eigenvalue weighted by Gasteiger charge is 2.36. The second-order valence-corrected chi connectivity index (χ2v) is 9.01. The fraction of sp³-hybridized carbons (Fsp3) is 0.350. The Morgan fingerprint density at radius 3 is 2.64 bits per heavy atom. The van der Waals surface area contributed by atoms with E-state index in [-0.39, 0.29) is 16.8 Å². The van der Waals surface area contributed by atoms with Crippen molar-refractivity contribution in [3.8, 4) is 0 Å². The largest absolute Gasteiger partial charge is 0.385 e. The predicted octanol–water partition coefficient (Wildman–Crippen LogP) is 3.25. The number of carbonyl (C=O) groups excluding carboxylic acids is 1. The number of hydrogen-bond donors (Lipinski definition) is 1. The molecule has 2 aromatic rings. The first kappa shape index (κ1) is 20.6. The second-order valence-electron chi connectivity index (χ2n) is 6.75. The first-order chi connectivity index (χ1) is 13.3. The normalized spacial score (nSPS) is 16.1. The zero-order chi connectivity index (χ0) is 20.3. The number of halogens is 1. The number of hydrogen-bond acceptors (Lipinski definition) is 4. The summed E-state index contributed by atoms with van der Waals surface area (Å²) in [5.41, 5.74) is 1.97. The number of fused-ring (bicyclic) bond motifs is 1. The van der Waals surface area contributed by atoms with Crippen LogP contribution in [0.2, 0.25) is 5.02 Å². The monoisotopic (exact) mass is 422 g/mol. The zero-order valence-electron chi connectivity index (χ0n) is 15.8. The van der Waals surface area contributed by atoms with Gasteiger partial charge in [-0.25, -0.2) is 8.42 Å². The fourth-order valence-corrected chi connectivity index (χ4v) is 5.17. The summed E-state index contributed by atoms with van der Waals surface area (Å²) in [6.45, 7) is 2.97. The van der Waals surface area contributed by atoms with Gasteiger partial charge in [0.1, 0.15) is 0 Å². The van der Waals surface area contributed by atoms with E-state index in [0.717, 1.165) is 12.0 Å². The van der Waals surface area contributed by atoms with Gasteiger partial charge in [-0.1, -0.05) is 11.6 Å². The van der Waals surface area contributed by atoms with E-state index in [0.29, 0.717) is 35.8 Å². The lowest BCUT2D eigenvalue weighted by atomic mass is 10.1. The van der Waals surface area contributed by atoms with Crippen LogP contribution in [0.1, 0.15) is 29.3 Å². The molecule has 3 rings (SSSR count). The third-order valence-corrected chi connectivity index (χ3v) is 6.87. The molecule has 0 saturated carbocycles. The Morgan fingerprint density at radius 1 is 1.25 bits per heavy atom.